The predicted molar refractivity (Wildman–Crippen MR) is 229 cm³/mol. The molecule has 0 aliphatic carbocycles. The van der Waals surface area contributed by atoms with Crippen molar-refractivity contribution in [3.63, 3.8) is 0 Å². The first-order valence-electron chi connectivity index (χ1n) is 18.5. The van der Waals surface area contributed by atoms with Gasteiger partial charge in [-0.2, -0.15) is 0 Å². The van der Waals surface area contributed by atoms with Crippen LogP contribution in [-0.2, 0) is 0 Å². The Bertz CT molecular complexity index is 2890. The molecule has 2 nitrogen and oxygen atoms in total. The topological polar surface area (TPSA) is 8.17 Å². The molecule has 0 spiro atoms. The molecule has 0 fully saturated rings. The molecule has 10 rings (SSSR count). The Labute approximate surface area is 315 Å². The summed E-state index contributed by atoms with van der Waals surface area (Å²) in [6.45, 7) is 0. The number of benzene rings is 9. The van der Waals surface area contributed by atoms with Crippen LogP contribution in [0.15, 0.2) is 218 Å². The number of hydrogen-bond donors (Lipinski definition) is 0. The maximum absolute atomic E-state index is 2.39. The lowest BCUT2D eigenvalue weighted by Crippen LogP contribution is -2.09. The Kier molecular flexibility index (Phi) is 7.85. The fourth-order valence-electron chi connectivity index (χ4n) is 7.88. The quantitative estimate of drug-likeness (QED) is 0.162. The largest absolute Gasteiger partial charge is 0.310 e. The first kappa shape index (κ1) is 31.6. The number of fused-ring (bicyclic) bond motifs is 4. The van der Waals surface area contributed by atoms with Gasteiger partial charge in [0.15, 0.2) is 0 Å². The monoisotopic (exact) mass is 688 g/mol. The summed E-state index contributed by atoms with van der Waals surface area (Å²) in [7, 11) is 0. The van der Waals surface area contributed by atoms with E-state index >= 15 is 0 Å². The van der Waals surface area contributed by atoms with Gasteiger partial charge >= 0.3 is 0 Å². The molecule has 1 heterocycles. The van der Waals surface area contributed by atoms with Gasteiger partial charge in [0.05, 0.1) is 11.0 Å². The highest BCUT2D eigenvalue weighted by Crippen LogP contribution is 2.40. The highest BCUT2D eigenvalue weighted by atomic mass is 15.1. The number of para-hydroxylation sites is 2. The van der Waals surface area contributed by atoms with E-state index in [9.17, 15) is 0 Å². The first-order valence-corrected chi connectivity index (χ1v) is 18.5. The lowest BCUT2D eigenvalue weighted by molar-refractivity contribution is 1.18. The molecule has 0 unspecified atom stereocenters. The normalized spacial score (nSPS) is 11.3. The second kappa shape index (κ2) is 13.4. The summed E-state index contributed by atoms with van der Waals surface area (Å²) in [6.07, 6.45) is 0. The SMILES string of the molecule is c1ccc(-c2ccc(N(c3ccccc3)c3ccc4cc(-c5ccc6c(c5)c5cc(-c7ccccc7)ccc5n6-c5ccccc5)ccc4c3)cc2)cc1. The maximum Gasteiger partial charge on any atom is 0.0541 e. The predicted octanol–water partition coefficient (Wildman–Crippen LogP) is 14.4. The molecular formula is C52H36N2. The zero-order chi connectivity index (χ0) is 35.8. The molecule has 0 amide bonds. The van der Waals surface area contributed by atoms with Crippen LogP contribution in [0.25, 0.3) is 71.6 Å². The summed E-state index contributed by atoms with van der Waals surface area (Å²) < 4.78 is 2.39. The summed E-state index contributed by atoms with van der Waals surface area (Å²) in [5.41, 5.74) is 14.2. The molecule has 54 heavy (non-hydrogen) atoms. The molecule has 9 aromatic carbocycles. The molecular weight excluding hydrogens is 653 g/mol. The molecule has 2 heteroatoms. The van der Waals surface area contributed by atoms with Gasteiger partial charge in [0.25, 0.3) is 0 Å². The molecule has 0 saturated carbocycles. The molecule has 0 N–H and O–H groups in total. The minimum atomic E-state index is 1.12. The summed E-state index contributed by atoms with van der Waals surface area (Å²) in [4.78, 5) is 2.34. The third kappa shape index (κ3) is 5.71. The average molecular weight is 689 g/mol. The fraction of sp³-hybridized carbons (Fsp3) is 0. The second-order valence-electron chi connectivity index (χ2n) is 13.8. The molecule has 0 saturated heterocycles. The van der Waals surface area contributed by atoms with E-state index in [2.05, 4.69) is 228 Å². The van der Waals surface area contributed by atoms with E-state index in [1.165, 1.54) is 66.0 Å². The summed E-state index contributed by atoms with van der Waals surface area (Å²) >= 11 is 0. The second-order valence-corrected chi connectivity index (χ2v) is 13.8. The van der Waals surface area contributed by atoms with Gasteiger partial charge in [-0.25, -0.2) is 0 Å². The summed E-state index contributed by atoms with van der Waals surface area (Å²) in [5.74, 6) is 0. The van der Waals surface area contributed by atoms with Crippen molar-refractivity contribution in [2.24, 2.45) is 0 Å². The third-order valence-corrected chi connectivity index (χ3v) is 10.5. The van der Waals surface area contributed by atoms with Gasteiger partial charge in [-0.15, -0.1) is 0 Å². The first-order chi connectivity index (χ1) is 26.8. The molecule has 0 radical (unpaired) electrons. The lowest BCUT2D eigenvalue weighted by Gasteiger charge is -2.26. The third-order valence-electron chi connectivity index (χ3n) is 10.5. The van der Waals surface area contributed by atoms with Crippen LogP contribution >= 0.6 is 0 Å². The Morgan fingerprint density at radius 1 is 0.278 bits per heavy atom. The van der Waals surface area contributed by atoms with E-state index in [0.717, 1.165) is 22.7 Å². The van der Waals surface area contributed by atoms with Crippen LogP contribution in [0.2, 0.25) is 0 Å². The standard InChI is InChI=1S/C52H36N2/c1-5-13-37(14-6-1)39-23-28-47(29-24-39)53(45-17-9-3-10-18-45)48-30-25-41-33-40(21-22-42(41)34-48)44-27-32-52-50(36-44)49-35-43(38-15-7-2-8-16-38)26-31-51(49)54(52)46-19-11-4-12-20-46/h1-36H. The highest BCUT2D eigenvalue weighted by molar-refractivity contribution is 6.12. The Balaban J connectivity index is 1.05. The molecule has 0 aliphatic heterocycles. The number of aromatic nitrogens is 1. The molecule has 0 atom stereocenters. The van der Waals surface area contributed by atoms with Crippen LogP contribution in [-0.4, -0.2) is 4.57 Å². The van der Waals surface area contributed by atoms with Gasteiger partial charge in [0.1, 0.15) is 0 Å². The van der Waals surface area contributed by atoms with Crippen molar-refractivity contribution >= 4 is 49.6 Å². The van der Waals surface area contributed by atoms with Gasteiger partial charge in [-0.1, -0.05) is 140 Å². The molecule has 0 bridgehead atoms. The van der Waals surface area contributed by atoms with Crippen molar-refractivity contribution in [2.75, 3.05) is 4.90 Å². The van der Waals surface area contributed by atoms with E-state index in [4.69, 9.17) is 0 Å². The van der Waals surface area contributed by atoms with Crippen LogP contribution < -0.4 is 4.90 Å². The fourth-order valence-corrected chi connectivity index (χ4v) is 7.88. The van der Waals surface area contributed by atoms with Gasteiger partial charge in [0, 0.05) is 33.5 Å². The number of rotatable bonds is 7. The minimum Gasteiger partial charge on any atom is -0.310 e. The van der Waals surface area contributed by atoms with Crippen molar-refractivity contribution in [2.45, 2.75) is 0 Å². The van der Waals surface area contributed by atoms with E-state index in [1.807, 2.05) is 0 Å². The van der Waals surface area contributed by atoms with Gasteiger partial charge in [0.2, 0.25) is 0 Å². The van der Waals surface area contributed by atoms with Crippen molar-refractivity contribution < 1.29 is 0 Å². The smallest absolute Gasteiger partial charge is 0.0541 e. The highest BCUT2D eigenvalue weighted by Gasteiger charge is 2.16. The zero-order valence-electron chi connectivity index (χ0n) is 29.7. The Morgan fingerprint density at radius 3 is 1.31 bits per heavy atom. The van der Waals surface area contributed by atoms with Crippen molar-refractivity contribution in [1.29, 1.82) is 0 Å². The Morgan fingerprint density at radius 2 is 0.685 bits per heavy atom. The molecule has 10 aromatic rings. The van der Waals surface area contributed by atoms with Gasteiger partial charge in [-0.05, 0) is 123 Å². The van der Waals surface area contributed by atoms with E-state index < -0.39 is 0 Å². The van der Waals surface area contributed by atoms with Crippen molar-refractivity contribution in [3.05, 3.63) is 218 Å². The Hall–Kier alpha value is -7.16. The van der Waals surface area contributed by atoms with Gasteiger partial charge < -0.3 is 9.47 Å². The molecule has 1 aromatic heterocycles. The van der Waals surface area contributed by atoms with Crippen molar-refractivity contribution in [1.82, 2.24) is 4.57 Å². The number of nitrogens with zero attached hydrogens (tertiary/aromatic N) is 2. The summed E-state index contributed by atoms with van der Waals surface area (Å²) in [5, 5.41) is 4.91. The van der Waals surface area contributed by atoms with Crippen LogP contribution in [0.3, 0.4) is 0 Å². The van der Waals surface area contributed by atoms with Crippen LogP contribution in [0.5, 0.6) is 0 Å². The summed E-state index contributed by atoms with van der Waals surface area (Å²) in [6, 6.07) is 78.8. The number of anilines is 3. The zero-order valence-corrected chi connectivity index (χ0v) is 29.7. The minimum absolute atomic E-state index is 1.12. The van der Waals surface area contributed by atoms with E-state index in [0.29, 0.717) is 0 Å². The molecule has 0 aliphatic rings. The number of hydrogen-bond acceptors (Lipinski definition) is 1. The van der Waals surface area contributed by atoms with Crippen LogP contribution in [0, 0.1) is 0 Å². The van der Waals surface area contributed by atoms with Gasteiger partial charge in [-0.3, -0.25) is 0 Å². The van der Waals surface area contributed by atoms with Crippen LogP contribution in [0.4, 0.5) is 17.1 Å². The van der Waals surface area contributed by atoms with E-state index in [1.54, 1.807) is 0 Å². The van der Waals surface area contributed by atoms with E-state index in [-0.39, 0.29) is 0 Å². The maximum atomic E-state index is 2.39. The lowest BCUT2D eigenvalue weighted by atomic mass is 9.98. The average Bonchev–Trinajstić information content (AvgIpc) is 3.58. The van der Waals surface area contributed by atoms with Crippen molar-refractivity contribution in [3.8, 4) is 39.1 Å². The molecule has 254 valence electrons. The van der Waals surface area contributed by atoms with Crippen LogP contribution in [0.1, 0.15) is 0 Å².